The van der Waals surface area contributed by atoms with E-state index in [1.54, 1.807) is 11.3 Å². The SMILES string of the molecule is C[C@H](Sc1n[nH]c(-c2ccccc2Br)n1)c1nnc(-c2cccs2)o1. The van der Waals surface area contributed by atoms with Crippen molar-refractivity contribution in [3.05, 3.63) is 52.1 Å². The summed E-state index contributed by atoms with van der Waals surface area (Å²) in [7, 11) is 0. The van der Waals surface area contributed by atoms with E-state index in [0.717, 1.165) is 14.9 Å². The summed E-state index contributed by atoms with van der Waals surface area (Å²) in [6, 6.07) is 11.8. The van der Waals surface area contributed by atoms with Crippen molar-refractivity contribution >= 4 is 39.0 Å². The largest absolute Gasteiger partial charge is 0.419 e. The molecule has 0 bridgehead atoms. The van der Waals surface area contributed by atoms with Crippen LogP contribution in [0.2, 0.25) is 0 Å². The van der Waals surface area contributed by atoms with Gasteiger partial charge in [0.25, 0.3) is 5.89 Å². The monoisotopic (exact) mass is 433 g/mol. The number of thiophene rings is 1. The summed E-state index contributed by atoms with van der Waals surface area (Å²) in [6.07, 6.45) is 0. The van der Waals surface area contributed by atoms with Crippen molar-refractivity contribution in [3.63, 3.8) is 0 Å². The van der Waals surface area contributed by atoms with Crippen LogP contribution >= 0.6 is 39.0 Å². The van der Waals surface area contributed by atoms with Gasteiger partial charge in [0.1, 0.15) is 0 Å². The van der Waals surface area contributed by atoms with E-state index in [0.29, 0.717) is 22.8 Å². The lowest BCUT2D eigenvalue weighted by molar-refractivity contribution is 0.510. The Labute approximate surface area is 160 Å². The highest BCUT2D eigenvalue weighted by molar-refractivity contribution is 9.10. The lowest BCUT2D eigenvalue weighted by Crippen LogP contribution is -1.89. The van der Waals surface area contributed by atoms with Crippen molar-refractivity contribution in [1.29, 1.82) is 0 Å². The average Bonchev–Trinajstić information content (AvgIpc) is 3.36. The molecule has 0 spiro atoms. The van der Waals surface area contributed by atoms with Crippen LogP contribution in [0.15, 0.2) is 55.8 Å². The molecule has 4 rings (SSSR count). The second-order valence-electron chi connectivity index (χ2n) is 5.13. The van der Waals surface area contributed by atoms with Gasteiger partial charge in [-0.1, -0.05) is 52.0 Å². The zero-order chi connectivity index (χ0) is 17.2. The van der Waals surface area contributed by atoms with Gasteiger partial charge in [-0.15, -0.1) is 26.6 Å². The maximum absolute atomic E-state index is 5.77. The molecule has 0 aliphatic rings. The molecule has 0 aliphatic heterocycles. The molecule has 3 aromatic heterocycles. The van der Waals surface area contributed by atoms with E-state index in [1.165, 1.54) is 11.8 Å². The molecule has 6 nitrogen and oxygen atoms in total. The summed E-state index contributed by atoms with van der Waals surface area (Å²) in [6.45, 7) is 1.99. The number of halogens is 1. The van der Waals surface area contributed by atoms with E-state index in [1.807, 2.05) is 48.7 Å². The first kappa shape index (κ1) is 16.5. The number of rotatable bonds is 5. The third kappa shape index (κ3) is 3.53. The van der Waals surface area contributed by atoms with Crippen LogP contribution in [0.4, 0.5) is 0 Å². The summed E-state index contributed by atoms with van der Waals surface area (Å²) in [4.78, 5) is 5.51. The molecule has 0 saturated carbocycles. The molecule has 1 aromatic carbocycles. The highest BCUT2D eigenvalue weighted by Crippen LogP contribution is 2.35. The fourth-order valence-electron chi connectivity index (χ4n) is 2.18. The van der Waals surface area contributed by atoms with Gasteiger partial charge in [0.15, 0.2) is 5.82 Å². The first-order valence-corrected chi connectivity index (χ1v) is 9.97. The Bertz CT molecular complexity index is 982. The van der Waals surface area contributed by atoms with Gasteiger partial charge in [-0.3, -0.25) is 5.10 Å². The Morgan fingerprint density at radius 1 is 1.20 bits per heavy atom. The Hall–Kier alpha value is -1.97. The molecule has 0 radical (unpaired) electrons. The maximum Gasteiger partial charge on any atom is 0.257 e. The van der Waals surface area contributed by atoms with Crippen LogP contribution < -0.4 is 0 Å². The quantitative estimate of drug-likeness (QED) is 0.435. The molecule has 126 valence electrons. The van der Waals surface area contributed by atoms with Crippen LogP contribution in [0, 0.1) is 0 Å². The molecule has 0 saturated heterocycles. The fraction of sp³-hybridized carbons (Fsp3) is 0.125. The minimum absolute atomic E-state index is 0.0518. The molecule has 1 N–H and O–H groups in total. The Morgan fingerprint density at radius 2 is 2.08 bits per heavy atom. The van der Waals surface area contributed by atoms with Crippen molar-refractivity contribution in [2.45, 2.75) is 17.3 Å². The van der Waals surface area contributed by atoms with Crippen LogP contribution in [-0.4, -0.2) is 25.4 Å². The number of hydrogen-bond donors (Lipinski definition) is 1. The van der Waals surface area contributed by atoms with E-state index >= 15 is 0 Å². The minimum atomic E-state index is -0.0518. The predicted molar refractivity (Wildman–Crippen MR) is 101 cm³/mol. The number of aromatic nitrogens is 5. The number of nitrogens with zero attached hydrogens (tertiary/aromatic N) is 4. The first-order valence-electron chi connectivity index (χ1n) is 7.42. The van der Waals surface area contributed by atoms with Crippen LogP contribution in [0.1, 0.15) is 18.1 Å². The summed E-state index contributed by atoms with van der Waals surface area (Å²) in [5, 5.41) is 18.1. The van der Waals surface area contributed by atoms with E-state index in [2.05, 4.69) is 41.3 Å². The molecule has 0 aliphatic carbocycles. The molecule has 0 amide bonds. The van der Waals surface area contributed by atoms with Gasteiger partial charge in [0.2, 0.25) is 11.0 Å². The third-order valence-corrected chi connectivity index (χ3v) is 5.89. The predicted octanol–water partition coefficient (Wildman–Crippen LogP) is 5.20. The average molecular weight is 434 g/mol. The molecular weight excluding hydrogens is 422 g/mol. The van der Waals surface area contributed by atoms with Gasteiger partial charge >= 0.3 is 0 Å². The van der Waals surface area contributed by atoms with Gasteiger partial charge in [-0.2, -0.15) is 0 Å². The van der Waals surface area contributed by atoms with Gasteiger partial charge in [-0.05, 0) is 24.4 Å². The Balaban J connectivity index is 1.50. The van der Waals surface area contributed by atoms with E-state index in [4.69, 9.17) is 4.42 Å². The number of H-pyrrole nitrogens is 1. The zero-order valence-corrected chi connectivity index (χ0v) is 16.2. The summed E-state index contributed by atoms with van der Waals surface area (Å²) >= 11 is 6.56. The van der Waals surface area contributed by atoms with Gasteiger partial charge < -0.3 is 4.42 Å². The highest BCUT2D eigenvalue weighted by Gasteiger charge is 2.19. The lowest BCUT2D eigenvalue weighted by Gasteiger charge is -2.02. The Kier molecular flexibility index (Phi) is 4.69. The van der Waals surface area contributed by atoms with Gasteiger partial charge in [0, 0.05) is 10.0 Å². The van der Waals surface area contributed by atoms with Crippen LogP contribution in [-0.2, 0) is 0 Å². The van der Waals surface area contributed by atoms with Crippen molar-refractivity contribution in [3.8, 4) is 22.2 Å². The second-order valence-corrected chi connectivity index (χ2v) is 8.24. The van der Waals surface area contributed by atoms with E-state index in [9.17, 15) is 0 Å². The topological polar surface area (TPSA) is 80.5 Å². The van der Waals surface area contributed by atoms with Crippen molar-refractivity contribution in [1.82, 2.24) is 25.4 Å². The third-order valence-electron chi connectivity index (χ3n) is 3.40. The summed E-state index contributed by atoms with van der Waals surface area (Å²) < 4.78 is 6.73. The number of nitrogens with one attached hydrogen (secondary N) is 1. The number of thioether (sulfide) groups is 1. The van der Waals surface area contributed by atoms with Crippen LogP contribution in [0.5, 0.6) is 0 Å². The second kappa shape index (κ2) is 7.11. The maximum atomic E-state index is 5.77. The highest BCUT2D eigenvalue weighted by atomic mass is 79.9. The van der Waals surface area contributed by atoms with Crippen molar-refractivity contribution in [2.75, 3.05) is 0 Å². The first-order chi connectivity index (χ1) is 12.2. The normalized spacial score (nSPS) is 12.4. The smallest absolute Gasteiger partial charge is 0.257 e. The molecular formula is C16H12BrN5OS2. The molecule has 3 heterocycles. The zero-order valence-electron chi connectivity index (χ0n) is 13.0. The number of hydrogen-bond acceptors (Lipinski definition) is 7. The van der Waals surface area contributed by atoms with Gasteiger partial charge in [-0.25, -0.2) is 4.98 Å². The molecule has 1 atom stereocenters. The Morgan fingerprint density at radius 3 is 2.88 bits per heavy atom. The number of benzene rings is 1. The van der Waals surface area contributed by atoms with E-state index < -0.39 is 0 Å². The van der Waals surface area contributed by atoms with Crippen molar-refractivity contribution in [2.24, 2.45) is 0 Å². The fourth-order valence-corrected chi connectivity index (χ4v) is 4.05. The van der Waals surface area contributed by atoms with Crippen LogP contribution in [0.3, 0.4) is 0 Å². The molecule has 0 fully saturated rings. The molecule has 0 unspecified atom stereocenters. The molecule has 25 heavy (non-hydrogen) atoms. The molecule has 4 aromatic rings. The molecule has 9 heteroatoms. The van der Waals surface area contributed by atoms with E-state index in [-0.39, 0.29) is 5.25 Å². The summed E-state index contributed by atoms with van der Waals surface area (Å²) in [5.41, 5.74) is 0.965. The number of aromatic amines is 1. The lowest BCUT2D eigenvalue weighted by atomic mass is 10.2. The van der Waals surface area contributed by atoms with Crippen molar-refractivity contribution < 1.29 is 4.42 Å². The minimum Gasteiger partial charge on any atom is -0.419 e. The standard InChI is InChI=1S/C16H12BrN5OS2/c1-9(14-20-21-15(23-14)12-7-4-8-24-12)25-16-18-13(19-22-16)10-5-2-3-6-11(10)17/h2-9H,1H3,(H,18,19,22)/t9-/m0/s1. The van der Waals surface area contributed by atoms with Crippen LogP contribution in [0.25, 0.3) is 22.2 Å². The van der Waals surface area contributed by atoms with Gasteiger partial charge in [0.05, 0.1) is 10.1 Å². The summed E-state index contributed by atoms with van der Waals surface area (Å²) in [5.74, 6) is 1.81.